The van der Waals surface area contributed by atoms with Gasteiger partial charge in [-0.25, -0.2) is 30.0 Å². The molecule has 0 aliphatic rings. The number of carboxylic acids is 1. The van der Waals surface area contributed by atoms with Gasteiger partial charge in [-0.2, -0.15) is 4.72 Å². The van der Waals surface area contributed by atoms with Crippen LogP contribution >= 0.6 is 0 Å². The van der Waals surface area contributed by atoms with Crippen LogP contribution in [0, 0.1) is 0 Å². The van der Waals surface area contributed by atoms with E-state index in [1.54, 1.807) is 4.72 Å². The van der Waals surface area contributed by atoms with Crippen LogP contribution < -0.4 is 4.72 Å². The molecule has 0 fully saturated rings. The van der Waals surface area contributed by atoms with Crippen molar-refractivity contribution >= 4 is 35.7 Å². The Balaban J connectivity index is 3.47. The Morgan fingerprint density at radius 3 is 1.91 bits per heavy atom. The molecule has 0 aliphatic carbocycles. The van der Waals surface area contributed by atoms with Gasteiger partial charge < -0.3 is 5.11 Å². The van der Waals surface area contributed by atoms with Crippen molar-refractivity contribution in [2.24, 2.45) is 0 Å². The van der Waals surface area contributed by atoms with E-state index in [4.69, 9.17) is 5.11 Å². The van der Waals surface area contributed by atoms with Crippen LogP contribution in [-0.2, 0) is 34.5 Å². The number of sulfonamides is 1. The highest BCUT2D eigenvalue weighted by Gasteiger charge is 2.47. The molecule has 0 saturated carbocycles. The zero-order valence-corrected chi connectivity index (χ0v) is 14.8. The highest BCUT2D eigenvalue weighted by molar-refractivity contribution is 7.95. The van der Waals surface area contributed by atoms with Crippen molar-refractivity contribution in [1.29, 1.82) is 0 Å². The second-order valence-corrected chi connectivity index (χ2v) is 11.0. The molecule has 130 valence electrons. The molecule has 1 aromatic rings. The summed E-state index contributed by atoms with van der Waals surface area (Å²) in [7, 11) is -12.7. The normalized spacial score (nSPS) is 15.8. The van der Waals surface area contributed by atoms with E-state index in [-0.39, 0.29) is 4.90 Å². The number of benzene rings is 1. The lowest BCUT2D eigenvalue weighted by atomic mass is 10.4. The molecule has 12 heteroatoms. The fourth-order valence-electron chi connectivity index (χ4n) is 1.47. The van der Waals surface area contributed by atoms with Crippen LogP contribution in [0.25, 0.3) is 0 Å². The van der Waals surface area contributed by atoms with Crippen LogP contribution in [0.5, 0.6) is 0 Å². The molecule has 0 spiro atoms. The van der Waals surface area contributed by atoms with E-state index >= 15 is 0 Å². The summed E-state index contributed by atoms with van der Waals surface area (Å²) in [6.45, 7) is 0.683. The number of hydrogen-bond acceptors (Lipinski definition) is 7. The quantitative estimate of drug-likeness (QED) is 0.646. The highest BCUT2D eigenvalue weighted by atomic mass is 32.2. The third-order valence-electron chi connectivity index (χ3n) is 3.02. The van der Waals surface area contributed by atoms with Crippen molar-refractivity contribution in [2.45, 2.75) is 21.6 Å². The fraction of sp³-hybridized carbons (Fsp3) is 0.364. The molecule has 0 heterocycles. The SMILES string of the molecule is CC(NS(=O)(=O)c1cccc(S(C)(=O)=O)c1)(C(=O)O)S(C)(=O)=O. The maximum Gasteiger partial charge on any atom is 0.340 e. The van der Waals surface area contributed by atoms with Crippen LogP contribution in [0.1, 0.15) is 6.92 Å². The Labute approximate surface area is 134 Å². The Hall–Kier alpha value is -1.50. The van der Waals surface area contributed by atoms with Gasteiger partial charge in [-0.1, -0.05) is 6.07 Å². The standard InChI is InChI=1S/C11H15NO8S3/c1-11(10(13)14,22(3,17)18)12-23(19,20)9-6-4-5-8(7-9)21(2,15)16/h4-7,12H,1-3H3,(H,13,14). The maximum absolute atomic E-state index is 12.2. The molecular formula is C11H15NO8S3. The van der Waals surface area contributed by atoms with Crippen molar-refractivity contribution < 1.29 is 35.2 Å². The van der Waals surface area contributed by atoms with E-state index in [1.165, 1.54) is 0 Å². The molecule has 0 saturated heterocycles. The Morgan fingerprint density at radius 2 is 1.52 bits per heavy atom. The molecule has 9 nitrogen and oxygen atoms in total. The van der Waals surface area contributed by atoms with E-state index in [0.717, 1.165) is 30.5 Å². The molecule has 1 unspecified atom stereocenters. The number of hydrogen-bond donors (Lipinski definition) is 2. The summed E-state index contributed by atoms with van der Waals surface area (Å²) in [4.78, 5) is 7.52. The first-order valence-electron chi connectivity index (χ1n) is 5.88. The summed E-state index contributed by atoms with van der Waals surface area (Å²) in [6.07, 6.45) is 1.43. The predicted octanol–water partition coefficient (Wildman–Crippen LogP) is -0.786. The number of sulfone groups is 2. The minimum atomic E-state index is -4.60. The Bertz CT molecular complexity index is 947. The van der Waals surface area contributed by atoms with Crippen LogP contribution in [-0.4, -0.2) is 53.7 Å². The minimum Gasteiger partial charge on any atom is -0.479 e. The first-order chi connectivity index (χ1) is 10.1. The van der Waals surface area contributed by atoms with Crippen molar-refractivity contribution in [3.63, 3.8) is 0 Å². The molecule has 0 radical (unpaired) electrons. The zero-order chi connectivity index (χ0) is 18.3. The van der Waals surface area contributed by atoms with E-state index in [0.29, 0.717) is 13.2 Å². The van der Waals surface area contributed by atoms with E-state index in [9.17, 15) is 30.0 Å². The minimum absolute atomic E-state index is 0.309. The first kappa shape index (κ1) is 19.5. The first-order valence-corrected chi connectivity index (χ1v) is 11.1. The van der Waals surface area contributed by atoms with Crippen LogP contribution in [0.15, 0.2) is 34.1 Å². The molecule has 2 N–H and O–H groups in total. The Kier molecular flexibility index (Phi) is 4.97. The smallest absolute Gasteiger partial charge is 0.340 e. The average molecular weight is 385 g/mol. The summed E-state index contributed by atoms with van der Waals surface area (Å²) in [5.41, 5.74) is 0. The topological polar surface area (TPSA) is 152 Å². The van der Waals surface area contributed by atoms with Gasteiger partial charge in [-0.3, -0.25) is 0 Å². The summed E-state index contributed by atoms with van der Waals surface area (Å²) in [5.74, 6) is -1.91. The largest absolute Gasteiger partial charge is 0.479 e. The van der Waals surface area contributed by atoms with Crippen molar-refractivity contribution in [2.75, 3.05) is 12.5 Å². The molecule has 1 rings (SSSR count). The lowest BCUT2D eigenvalue weighted by Crippen LogP contribution is -2.57. The van der Waals surface area contributed by atoms with Gasteiger partial charge in [-0.15, -0.1) is 0 Å². The van der Waals surface area contributed by atoms with Crippen molar-refractivity contribution in [1.82, 2.24) is 4.72 Å². The summed E-state index contributed by atoms with van der Waals surface area (Å²) < 4.78 is 72.3. The van der Waals surface area contributed by atoms with E-state index in [2.05, 4.69) is 0 Å². The number of rotatable bonds is 6. The van der Waals surface area contributed by atoms with Gasteiger partial charge in [0.2, 0.25) is 14.9 Å². The monoisotopic (exact) mass is 385 g/mol. The van der Waals surface area contributed by atoms with Gasteiger partial charge >= 0.3 is 5.97 Å². The highest BCUT2D eigenvalue weighted by Crippen LogP contribution is 2.20. The predicted molar refractivity (Wildman–Crippen MR) is 80.8 cm³/mol. The fourth-order valence-corrected chi connectivity index (χ4v) is 4.72. The molecule has 0 aliphatic heterocycles. The molecular weight excluding hydrogens is 370 g/mol. The molecule has 0 bridgehead atoms. The molecule has 1 atom stereocenters. The number of carboxylic acid groups (broad SMARTS) is 1. The van der Waals surface area contributed by atoms with Crippen molar-refractivity contribution in [3.05, 3.63) is 24.3 Å². The molecule has 0 aromatic heterocycles. The van der Waals surface area contributed by atoms with Crippen molar-refractivity contribution in [3.8, 4) is 0 Å². The Morgan fingerprint density at radius 1 is 1.04 bits per heavy atom. The van der Waals surface area contributed by atoms with E-state index < -0.39 is 45.4 Å². The average Bonchev–Trinajstić information content (AvgIpc) is 2.35. The van der Waals surface area contributed by atoms with Gasteiger partial charge in [0.05, 0.1) is 9.79 Å². The molecule has 1 aromatic carbocycles. The van der Waals surface area contributed by atoms with Gasteiger partial charge in [0, 0.05) is 12.5 Å². The molecule has 23 heavy (non-hydrogen) atoms. The van der Waals surface area contributed by atoms with Crippen LogP contribution in [0.4, 0.5) is 0 Å². The number of aliphatic carboxylic acids is 1. The lowest BCUT2D eigenvalue weighted by Gasteiger charge is -2.24. The van der Waals surface area contributed by atoms with Crippen LogP contribution in [0.2, 0.25) is 0 Å². The van der Waals surface area contributed by atoms with E-state index in [1.807, 2.05) is 0 Å². The van der Waals surface area contributed by atoms with Gasteiger partial charge in [0.15, 0.2) is 19.7 Å². The van der Waals surface area contributed by atoms with Crippen LogP contribution in [0.3, 0.4) is 0 Å². The maximum atomic E-state index is 12.2. The lowest BCUT2D eigenvalue weighted by molar-refractivity contribution is -0.140. The van der Waals surface area contributed by atoms with Gasteiger partial charge in [-0.05, 0) is 25.1 Å². The third kappa shape index (κ3) is 4.07. The second-order valence-electron chi connectivity index (χ2n) is 4.96. The summed E-state index contributed by atoms with van der Waals surface area (Å²) in [5, 5.41) is 9.06. The zero-order valence-electron chi connectivity index (χ0n) is 12.3. The summed E-state index contributed by atoms with van der Waals surface area (Å²) >= 11 is 0. The second kappa shape index (κ2) is 5.85. The summed E-state index contributed by atoms with van der Waals surface area (Å²) in [6, 6.07) is 4.12. The molecule has 0 amide bonds. The number of nitrogens with one attached hydrogen (secondary N) is 1. The number of carbonyl (C=O) groups is 1. The third-order valence-corrected chi connectivity index (χ3v) is 7.57. The van der Waals surface area contributed by atoms with Gasteiger partial charge in [0.1, 0.15) is 0 Å². The van der Waals surface area contributed by atoms with Gasteiger partial charge in [0.25, 0.3) is 0 Å².